The summed E-state index contributed by atoms with van der Waals surface area (Å²) in [5.41, 5.74) is 1.14. The third-order valence-corrected chi connectivity index (χ3v) is 2.45. The van der Waals surface area contributed by atoms with Crippen LogP contribution in [-0.4, -0.2) is 33.1 Å². The van der Waals surface area contributed by atoms with Crippen molar-refractivity contribution in [3.63, 3.8) is 0 Å². The first-order valence-corrected chi connectivity index (χ1v) is 6.33. The molecule has 2 aromatic rings. The molecule has 0 radical (unpaired) electrons. The molecule has 0 aliphatic carbocycles. The van der Waals surface area contributed by atoms with E-state index in [0.29, 0.717) is 19.1 Å². The van der Waals surface area contributed by atoms with Crippen molar-refractivity contribution in [2.75, 3.05) is 18.5 Å². The number of aromatic nitrogens is 4. The molecule has 0 unspecified atom stereocenters. The lowest BCUT2D eigenvalue weighted by Gasteiger charge is -2.06. The van der Waals surface area contributed by atoms with Gasteiger partial charge in [-0.2, -0.15) is 15.0 Å². The molecule has 0 aliphatic heterocycles. The fraction of sp³-hybridized carbons (Fsp3) is 0.333. The van der Waals surface area contributed by atoms with E-state index in [4.69, 9.17) is 16.3 Å². The number of hydrogen-bond acceptors (Lipinski definition) is 6. The van der Waals surface area contributed by atoms with Crippen molar-refractivity contribution in [2.45, 2.75) is 13.3 Å². The molecule has 2 aromatic heterocycles. The molecule has 0 fully saturated rings. The minimum absolute atomic E-state index is 0.113. The summed E-state index contributed by atoms with van der Waals surface area (Å²) in [4.78, 5) is 16.0. The molecule has 19 heavy (non-hydrogen) atoms. The second-order valence-corrected chi connectivity index (χ2v) is 4.02. The molecular weight excluding hydrogens is 266 g/mol. The highest BCUT2D eigenvalue weighted by Crippen LogP contribution is 2.11. The minimum Gasteiger partial charge on any atom is -0.464 e. The van der Waals surface area contributed by atoms with E-state index in [2.05, 4.69) is 25.3 Å². The molecule has 1 N–H and O–H groups in total. The van der Waals surface area contributed by atoms with Gasteiger partial charge in [-0.05, 0) is 36.6 Å². The van der Waals surface area contributed by atoms with Crippen LogP contribution in [0.2, 0.25) is 5.28 Å². The van der Waals surface area contributed by atoms with Crippen LogP contribution in [0.15, 0.2) is 24.5 Å². The molecule has 6 nitrogen and oxygen atoms in total. The lowest BCUT2D eigenvalue weighted by molar-refractivity contribution is 0.312. The Kier molecular flexibility index (Phi) is 4.85. The Morgan fingerprint density at radius 1 is 1.32 bits per heavy atom. The first kappa shape index (κ1) is 13.5. The Labute approximate surface area is 116 Å². The van der Waals surface area contributed by atoms with Crippen LogP contribution in [0.3, 0.4) is 0 Å². The standard InChI is InChI=1S/C12H14ClN5O/c1-2-19-12-17-10(13)16-11(18-12)15-7-5-9-4-3-6-14-8-9/h3-4,6,8H,2,5,7H2,1H3,(H,15,16,17,18). The van der Waals surface area contributed by atoms with Crippen LogP contribution in [-0.2, 0) is 6.42 Å². The summed E-state index contributed by atoms with van der Waals surface area (Å²) in [5.74, 6) is 0.410. The summed E-state index contributed by atoms with van der Waals surface area (Å²) in [6.07, 6.45) is 4.39. The van der Waals surface area contributed by atoms with Crippen LogP contribution in [0.4, 0.5) is 5.95 Å². The SMILES string of the molecule is CCOc1nc(Cl)nc(NCCc2cccnc2)n1. The topological polar surface area (TPSA) is 72.8 Å². The van der Waals surface area contributed by atoms with Gasteiger partial charge in [0.25, 0.3) is 0 Å². The van der Waals surface area contributed by atoms with Gasteiger partial charge in [0.1, 0.15) is 0 Å². The van der Waals surface area contributed by atoms with Crippen molar-refractivity contribution in [3.8, 4) is 6.01 Å². The number of hydrogen-bond donors (Lipinski definition) is 1. The lowest BCUT2D eigenvalue weighted by atomic mass is 10.2. The van der Waals surface area contributed by atoms with Crippen molar-refractivity contribution in [1.82, 2.24) is 19.9 Å². The molecule has 100 valence electrons. The molecule has 0 bridgehead atoms. The van der Waals surface area contributed by atoms with E-state index in [9.17, 15) is 0 Å². The smallest absolute Gasteiger partial charge is 0.322 e. The van der Waals surface area contributed by atoms with Crippen LogP contribution in [0.25, 0.3) is 0 Å². The van der Waals surface area contributed by atoms with E-state index in [-0.39, 0.29) is 11.3 Å². The van der Waals surface area contributed by atoms with Gasteiger partial charge >= 0.3 is 6.01 Å². The molecule has 0 aromatic carbocycles. The maximum Gasteiger partial charge on any atom is 0.322 e. The summed E-state index contributed by atoms with van der Waals surface area (Å²) in [7, 11) is 0. The first-order chi connectivity index (χ1) is 9.28. The predicted molar refractivity (Wildman–Crippen MR) is 72.4 cm³/mol. The summed E-state index contributed by atoms with van der Waals surface area (Å²) < 4.78 is 5.20. The number of ether oxygens (including phenoxy) is 1. The summed E-state index contributed by atoms with van der Waals surface area (Å²) in [5, 5.41) is 3.19. The zero-order valence-corrected chi connectivity index (χ0v) is 11.3. The van der Waals surface area contributed by atoms with E-state index >= 15 is 0 Å². The molecule has 0 aliphatic rings. The average molecular weight is 280 g/mol. The fourth-order valence-electron chi connectivity index (χ4n) is 1.47. The lowest BCUT2D eigenvalue weighted by Crippen LogP contribution is -2.10. The molecule has 0 spiro atoms. The van der Waals surface area contributed by atoms with Crippen molar-refractivity contribution in [1.29, 1.82) is 0 Å². The number of rotatable bonds is 6. The van der Waals surface area contributed by atoms with E-state index < -0.39 is 0 Å². The Morgan fingerprint density at radius 2 is 2.21 bits per heavy atom. The highest BCUT2D eigenvalue weighted by atomic mass is 35.5. The van der Waals surface area contributed by atoms with Gasteiger partial charge in [-0.3, -0.25) is 4.98 Å². The molecule has 0 saturated heterocycles. The fourth-order valence-corrected chi connectivity index (χ4v) is 1.62. The van der Waals surface area contributed by atoms with Crippen LogP contribution in [0.5, 0.6) is 6.01 Å². The van der Waals surface area contributed by atoms with Crippen molar-refractivity contribution >= 4 is 17.5 Å². The summed E-state index contributed by atoms with van der Waals surface area (Å²) >= 11 is 5.79. The van der Waals surface area contributed by atoms with E-state index in [0.717, 1.165) is 12.0 Å². The number of halogens is 1. The van der Waals surface area contributed by atoms with Gasteiger partial charge in [0, 0.05) is 18.9 Å². The van der Waals surface area contributed by atoms with E-state index in [1.165, 1.54) is 0 Å². The molecule has 2 heterocycles. The van der Waals surface area contributed by atoms with Crippen molar-refractivity contribution < 1.29 is 4.74 Å². The molecule has 0 atom stereocenters. The zero-order chi connectivity index (χ0) is 13.5. The van der Waals surface area contributed by atoms with Gasteiger partial charge in [-0.1, -0.05) is 6.07 Å². The molecular formula is C12H14ClN5O. The predicted octanol–water partition coefficient (Wildman–Crippen LogP) is 1.97. The number of pyridine rings is 1. The van der Waals surface area contributed by atoms with Crippen LogP contribution >= 0.6 is 11.6 Å². The van der Waals surface area contributed by atoms with Gasteiger partial charge in [-0.25, -0.2) is 0 Å². The minimum atomic E-state index is 0.113. The Bertz CT molecular complexity index is 523. The normalized spacial score (nSPS) is 10.2. The van der Waals surface area contributed by atoms with Gasteiger partial charge in [0.2, 0.25) is 11.2 Å². The maximum atomic E-state index is 5.79. The highest BCUT2D eigenvalue weighted by molar-refractivity contribution is 6.28. The number of anilines is 1. The van der Waals surface area contributed by atoms with Gasteiger partial charge in [-0.15, -0.1) is 0 Å². The Hall–Kier alpha value is -1.95. The quantitative estimate of drug-likeness (QED) is 0.871. The summed E-state index contributed by atoms with van der Waals surface area (Å²) in [6, 6.07) is 4.15. The third kappa shape index (κ3) is 4.33. The first-order valence-electron chi connectivity index (χ1n) is 5.95. The monoisotopic (exact) mass is 279 g/mol. The summed E-state index contributed by atoms with van der Waals surface area (Å²) in [6.45, 7) is 3.01. The molecule has 2 rings (SSSR count). The van der Waals surface area contributed by atoms with E-state index in [1.54, 1.807) is 6.20 Å². The zero-order valence-electron chi connectivity index (χ0n) is 10.5. The average Bonchev–Trinajstić information content (AvgIpc) is 2.40. The van der Waals surface area contributed by atoms with Crippen LogP contribution in [0.1, 0.15) is 12.5 Å². The van der Waals surface area contributed by atoms with Crippen molar-refractivity contribution in [3.05, 3.63) is 35.4 Å². The Morgan fingerprint density at radius 3 is 2.95 bits per heavy atom. The van der Waals surface area contributed by atoms with E-state index in [1.807, 2.05) is 25.3 Å². The Balaban J connectivity index is 1.92. The van der Waals surface area contributed by atoms with Crippen LogP contribution < -0.4 is 10.1 Å². The number of nitrogens with one attached hydrogen (secondary N) is 1. The van der Waals surface area contributed by atoms with Gasteiger partial charge in [0.15, 0.2) is 0 Å². The number of nitrogens with zero attached hydrogens (tertiary/aromatic N) is 4. The van der Waals surface area contributed by atoms with Gasteiger partial charge in [0.05, 0.1) is 6.61 Å². The van der Waals surface area contributed by atoms with Crippen molar-refractivity contribution in [2.24, 2.45) is 0 Å². The second kappa shape index (κ2) is 6.84. The maximum absolute atomic E-state index is 5.79. The molecule has 0 amide bonds. The highest BCUT2D eigenvalue weighted by Gasteiger charge is 2.05. The molecule has 0 saturated carbocycles. The molecule has 7 heteroatoms. The third-order valence-electron chi connectivity index (χ3n) is 2.28. The van der Waals surface area contributed by atoms with Crippen LogP contribution in [0, 0.1) is 0 Å². The second-order valence-electron chi connectivity index (χ2n) is 3.68. The largest absolute Gasteiger partial charge is 0.464 e. The van der Waals surface area contributed by atoms with Gasteiger partial charge < -0.3 is 10.1 Å².